The van der Waals surface area contributed by atoms with Gasteiger partial charge in [0, 0.05) is 32.2 Å². The lowest BCUT2D eigenvalue weighted by molar-refractivity contribution is -0.138. The first kappa shape index (κ1) is 15.1. The fourth-order valence-corrected chi connectivity index (χ4v) is 2.44. The van der Waals surface area contributed by atoms with Gasteiger partial charge in [-0.3, -0.25) is 4.79 Å². The Morgan fingerprint density at radius 3 is 2.25 bits per heavy atom. The van der Waals surface area contributed by atoms with Gasteiger partial charge >= 0.3 is 6.09 Å². The van der Waals surface area contributed by atoms with E-state index >= 15 is 0 Å². The second-order valence-electron chi connectivity index (χ2n) is 6.60. The quantitative estimate of drug-likeness (QED) is 0.783. The van der Waals surface area contributed by atoms with Crippen molar-refractivity contribution in [2.45, 2.75) is 45.3 Å². The largest absolute Gasteiger partial charge is 0.444 e. The van der Waals surface area contributed by atoms with Crippen LogP contribution in [-0.4, -0.2) is 54.7 Å². The SMILES string of the molecule is CC(C)(C)OC(=O)NC1CCN(C(=O)C2CNC2)CC1. The number of amides is 2. The van der Waals surface area contributed by atoms with Gasteiger partial charge in [0.25, 0.3) is 0 Å². The van der Waals surface area contributed by atoms with Gasteiger partial charge in [0.1, 0.15) is 5.60 Å². The van der Waals surface area contributed by atoms with Crippen molar-refractivity contribution in [1.82, 2.24) is 15.5 Å². The summed E-state index contributed by atoms with van der Waals surface area (Å²) in [5.74, 6) is 0.407. The highest BCUT2D eigenvalue weighted by molar-refractivity contribution is 5.80. The summed E-state index contributed by atoms with van der Waals surface area (Å²) < 4.78 is 5.24. The summed E-state index contributed by atoms with van der Waals surface area (Å²) in [6.45, 7) is 8.58. The van der Waals surface area contributed by atoms with Crippen LogP contribution in [-0.2, 0) is 9.53 Å². The Kier molecular flexibility index (Phi) is 4.52. The molecule has 0 aromatic carbocycles. The van der Waals surface area contributed by atoms with E-state index in [1.807, 2.05) is 25.7 Å². The van der Waals surface area contributed by atoms with Gasteiger partial charge in [-0.1, -0.05) is 0 Å². The zero-order chi connectivity index (χ0) is 14.8. The summed E-state index contributed by atoms with van der Waals surface area (Å²) in [5.41, 5.74) is -0.474. The maximum atomic E-state index is 12.1. The molecule has 2 fully saturated rings. The van der Waals surface area contributed by atoms with Crippen molar-refractivity contribution in [3.8, 4) is 0 Å². The van der Waals surface area contributed by atoms with Crippen LogP contribution in [0, 0.1) is 5.92 Å². The van der Waals surface area contributed by atoms with Gasteiger partial charge in [-0.25, -0.2) is 4.79 Å². The molecule has 6 nitrogen and oxygen atoms in total. The Balaban J connectivity index is 1.71. The second kappa shape index (κ2) is 5.99. The summed E-state index contributed by atoms with van der Waals surface area (Å²) >= 11 is 0. The standard InChI is InChI=1S/C14H25N3O3/c1-14(2,3)20-13(19)16-11-4-6-17(7-5-11)12(18)10-8-15-9-10/h10-11,15H,4-9H2,1-3H3,(H,16,19). The van der Waals surface area contributed by atoms with Crippen molar-refractivity contribution < 1.29 is 14.3 Å². The van der Waals surface area contributed by atoms with Crippen LogP contribution in [0.5, 0.6) is 0 Å². The van der Waals surface area contributed by atoms with Gasteiger partial charge in [0.2, 0.25) is 5.91 Å². The van der Waals surface area contributed by atoms with Crippen LogP contribution in [0.2, 0.25) is 0 Å². The fraction of sp³-hybridized carbons (Fsp3) is 0.857. The molecule has 0 unspecified atom stereocenters. The predicted molar refractivity (Wildman–Crippen MR) is 75.3 cm³/mol. The van der Waals surface area contributed by atoms with Crippen molar-refractivity contribution in [1.29, 1.82) is 0 Å². The number of ether oxygens (including phenoxy) is 1. The number of alkyl carbamates (subject to hydrolysis) is 1. The molecule has 6 heteroatoms. The zero-order valence-electron chi connectivity index (χ0n) is 12.6. The van der Waals surface area contributed by atoms with Gasteiger partial charge in [-0.05, 0) is 33.6 Å². The van der Waals surface area contributed by atoms with Gasteiger partial charge in [-0.15, -0.1) is 0 Å². The van der Waals surface area contributed by atoms with Gasteiger partial charge < -0.3 is 20.3 Å². The first-order valence-electron chi connectivity index (χ1n) is 7.34. The van der Waals surface area contributed by atoms with Crippen LogP contribution < -0.4 is 10.6 Å². The highest BCUT2D eigenvalue weighted by atomic mass is 16.6. The smallest absolute Gasteiger partial charge is 0.407 e. The lowest BCUT2D eigenvalue weighted by atomic mass is 9.98. The first-order chi connectivity index (χ1) is 9.35. The maximum absolute atomic E-state index is 12.1. The van der Waals surface area contributed by atoms with Gasteiger partial charge in [0.15, 0.2) is 0 Å². The molecule has 2 aliphatic rings. The molecule has 0 spiro atoms. The van der Waals surface area contributed by atoms with Gasteiger partial charge in [0.05, 0.1) is 5.92 Å². The van der Waals surface area contributed by atoms with Crippen LogP contribution in [0.25, 0.3) is 0 Å². The highest BCUT2D eigenvalue weighted by Crippen LogP contribution is 2.16. The minimum Gasteiger partial charge on any atom is -0.444 e. The molecule has 2 N–H and O–H groups in total. The number of piperidine rings is 1. The van der Waals surface area contributed by atoms with Crippen molar-refractivity contribution in [2.75, 3.05) is 26.2 Å². The van der Waals surface area contributed by atoms with Crippen molar-refractivity contribution in [2.24, 2.45) is 5.92 Å². The average Bonchev–Trinajstić information content (AvgIpc) is 2.24. The molecule has 0 radical (unpaired) electrons. The third-order valence-electron chi connectivity index (χ3n) is 3.66. The van der Waals surface area contributed by atoms with E-state index in [2.05, 4.69) is 10.6 Å². The molecule has 0 saturated carbocycles. The maximum Gasteiger partial charge on any atom is 0.407 e. The van der Waals surface area contributed by atoms with Crippen LogP contribution in [0.3, 0.4) is 0 Å². The highest BCUT2D eigenvalue weighted by Gasteiger charge is 2.32. The summed E-state index contributed by atoms with van der Waals surface area (Å²) in [7, 11) is 0. The van der Waals surface area contributed by atoms with Crippen molar-refractivity contribution >= 4 is 12.0 Å². The van der Waals surface area contributed by atoms with E-state index in [0.717, 1.165) is 39.0 Å². The summed E-state index contributed by atoms with van der Waals surface area (Å²) in [4.78, 5) is 25.7. The molecule has 114 valence electrons. The molecule has 0 aliphatic carbocycles. The molecule has 0 aromatic heterocycles. The Morgan fingerprint density at radius 1 is 1.20 bits per heavy atom. The molecular formula is C14H25N3O3. The number of hydrogen-bond donors (Lipinski definition) is 2. The van der Waals surface area contributed by atoms with Crippen LogP contribution >= 0.6 is 0 Å². The van der Waals surface area contributed by atoms with E-state index in [9.17, 15) is 9.59 Å². The number of carbonyl (C=O) groups excluding carboxylic acids is 2. The van der Waals surface area contributed by atoms with Crippen LogP contribution in [0.4, 0.5) is 4.79 Å². The molecule has 2 aliphatic heterocycles. The van der Waals surface area contributed by atoms with E-state index in [4.69, 9.17) is 4.74 Å². The number of carbonyl (C=O) groups is 2. The Bertz CT molecular complexity index is 366. The predicted octanol–water partition coefficient (Wildman–Crippen LogP) is 0.722. The summed E-state index contributed by atoms with van der Waals surface area (Å²) in [6.07, 6.45) is 1.22. The number of likely N-dealkylation sites (tertiary alicyclic amines) is 1. The van der Waals surface area contributed by atoms with Crippen LogP contribution in [0.1, 0.15) is 33.6 Å². The normalized spacial score (nSPS) is 21.2. The molecule has 2 saturated heterocycles. The van der Waals surface area contributed by atoms with E-state index < -0.39 is 5.60 Å². The van der Waals surface area contributed by atoms with E-state index in [1.165, 1.54) is 0 Å². The molecule has 2 heterocycles. The molecular weight excluding hydrogens is 258 g/mol. The van der Waals surface area contributed by atoms with Crippen molar-refractivity contribution in [3.05, 3.63) is 0 Å². The molecule has 0 atom stereocenters. The minimum atomic E-state index is -0.474. The number of nitrogens with one attached hydrogen (secondary N) is 2. The summed E-state index contributed by atoms with van der Waals surface area (Å²) in [5, 5.41) is 6.00. The van der Waals surface area contributed by atoms with Gasteiger partial charge in [-0.2, -0.15) is 0 Å². The monoisotopic (exact) mass is 283 g/mol. The Morgan fingerprint density at radius 2 is 1.80 bits per heavy atom. The van der Waals surface area contributed by atoms with Crippen molar-refractivity contribution in [3.63, 3.8) is 0 Å². The summed E-state index contributed by atoms with van der Waals surface area (Å²) in [6, 6.07) is 0.105. The minimum absolute atomic E-state index is 0.105. The third-order valence-corrected chi connectivity index (χ3v) is 3.66. The number of hydrogen-bond acceptors (Lipinski definition) is 4. The first-order valence-corrected chi connectivity index (χ1v) is 7.34. The lowest BCUT2D eigenvalue weighted by Gasteiger charge is -2.37. The Hall–Kier alpha value is -1.30. The second-order valence-corrected chi connectivity index (χ2v) is 6.60. The van der Waals surface area contributed by atoms with E-state index in [0.29, 0.717) is 0 Å². The fourth-order valence-electron chi connectivity index (χ4n) is 2.44. The molecule has 20 heavy (non-hydrogen) atoms. The number of rotatable bonds is 2. The molecule has 0 aromatic rings. The average molecular weight is 283 g/mol. The zero-order valence-corrected chi connectivity index (χ0v) is 12.6. The molecule has 0 bridgehead atoms. The number of nitrogens with zero attached hydrogens (tertiary/aromatic N) is 1. The third kappa shape index (κ3) is 4.10. The van der Waals surface area contributed by atoms with E-state index in [1.54, 1.807) is 0 Å². The molecule has 2 amide bonds. The van der Waals surface area contributed by atoms with Crippen LogP contribution in [0.15, 0.2) is 0 Å². The van der Waals surface area contributed by atoms with E-state index in [-0.39, 0.29) is 24.0 Å². The Labute approximate surface area is 120 Å². The topological polar surface area (TPSA) is 70.7 Å². The molecule has 2 rings (SSSR count). The lowest BCUT2D eigenvalue weighted by Crippen LogP contribution is -2.55.